The SMILES string of the molecule is NN.N[C@@H](CC(=O)O)C(=O)O. The van der Waals surface area contributed by atoms with E-state index in [9.17, 15) is 9.59 Å². The van der Waals surface area contributed by atoms with E-state index >= 15 is 0 Å². The van der Waals surface area contributed by atoms with Crippen molar-refractivity contribution in [3.8, 4) is 0 Å². The first-order valence-electron chi connectivity index (χ1n) is 2.57. The maximum absolute atomic E-state index is 9.85. The van der Waals surface area contributed by atoms with Gasteiger partial charge in [-0.1, -0.05) is 0 Å². The van der Waals surface area contributed by atoms with Gasteiger partial charge in [0.1, 0.15) is 6.04 Å². The number of carboxylic acids is 2. The number of hydrogen-bond acceptors (Lipinski definition) is 5. The van der Waals surface area contributed by atoms with Crippen molar-refractivity contribution in [1.29, 1.82) is 0 Å². The lowest BCUT2D eigenvalue weighted by molar-refractivity contribution is -0.144. The van der Waals surface area contributed by atoms with Crippen LogP contribution < -0.4 is 17.4 Å². The lowest BCUT2D eigenvalue weighted by atomic mass is 10.2. The predicted molar refractivity (Wildman–Crippen MR) is 36.2 cm³/mol. The molecule has 0 spiro atoms. The first kappa shape index (κ1) is 12.5. The van der Waals surface area contributed by atoms with Crippen LogP contribution in [-0.4, -0.2) is 28.2 Å². The van der Waals surface area contributed by atoms with Gasteiger partial charge in [-0.3, -0.25) is 21.3 Å². The fraction of sp³-hybridized carbons (Fsp3) is 0.500. The maximum Gasteiger partial charge on any atom is 0.321 e. The Bertz CT molecular complexity index is 137. The summed E-state index contributed by atoms with van der Waals surface area (Å²) in [6, 6.07) is -1.29. The van der Waals surface area contributed by atoms with E-state index in [1.165, 1.54) is 0 Å². The summed E-state index contributed by atoms with van der Waals surface area (Å²) in [5.41, 5.74) is 4.84. The zero-order chi connectivity index (χ0) is 9.44. The van der Waals surface area contributed by atoms with Gasteiger partial charge >= 0.3 is 11.9 Å². The molecule has 0 aromatic rings. The third kappa shape index (κ3) is 8.82. The van der Waals surface area contributed by atoms with Crippen LogP contribution in [0.2, 0.25) is 0 Å². The van der Waals surface area contributed by atoms with E-state index in [2.05, 4.69) is 11.7 Å². The Morgan fingerprint density at radius 1 is 1.27 bits per heavy atom. The fourth-order valence-corrected chi connectivity index (χ4v) is 0.275. The van der Waals surface area contributed by atoms with Crippen LogP contribution in [0.4, 0.5) is 0 Å². The summed E-state index contributed by atoms with van der Waals surface area (Å²) in [5.74, 6) is 5.50. The highest BCUT2D eigenvalue weighted by atomic mass is 16.4. The van der Waals surface area contributed by atoms with Crippen LogP contribution in [0, 0.1) is 0 Å². The molecule has 0 aliphatic heterocycles. The first-order valence-corrected chi connectivity index (χ1v) is 2.57. The molecule has 0 amide bonds. The fourth-order valence-electron chi connectivity index (χ4n) is 0.275. The monoisotopic (exact) mass is 165 g/mol. The standard InChI is InChI=1S/C4H7NO4.H4N2/c5-2(4(8)9)1-3(6)7;1-2/h2H,1,5H2,(H,6,7)(H,8,9);1-2H2/t2-;/m0./s1. The van der Waals surface area contributed by atoms with Gasteiger partial charge in [0.05, 0.1) is 6.42 Å². The predicted octanol–water partition coefficient (Wildman–Crippen LogP) is -2.31. The molecule has 0 aromatic carbocycles. The molecule has 1 atom stereocenters. The molecular weight excluding hydrogens is 154 g/mol. The second-order valence-electron chi connectivity index (χ2n) is 1.54. The van der Waals surface area contributed by atoms with E-state index in [0.717, 1.165) is 0 Å². The molecule has 0 saturated heterocycles. The van der Waals surface area contributed by atoms with Crippen LogP contribution in [-0.2, 0) is 9.59 Å². The molecule has 0 unspecified atom stereocenters. The minimum atomic E-state index is -1.29. The van der Waals surface area contributed by atoms with Crippen molar-refractivity contribution in [1.82, 2.24) is 0 Å². The van der Waals surface area contributed by atoms with Crippen molar-refractivity contribution in [2.45, 2.75) is 12.5 Å². The Morgan fingerprint density at radius 3 is 1.73 bits per heavy atom. The molecule has 0 saturated carbocycles. The van der Waals surface area contributed by atoms with Crippen LogP contribution in [0.3, 0.4) is 0 Å². The Balaban J connectivity index is 0. The van der Waals surface area contributed by atoms with Gasteiger partial charge < -0.3 is 15.9 Å². The summed E-state index contributed by atoms with van der Waals surface area (Å²) >= 11 is 0. The lowest BCUT2D eigenvalue weighted by Gasteiger charge is -1.99. The highest BCUT2D eigenvalue weighted by Gasteiger charge is 2.14. The van der Waals surface area contributed by atoms with Crippen LogP contribution >= 0.6 is 0 Å². The van der Waals surface area contributed by atoms with E-state index in [-0.39, 0.29) is 0 Å². The molecule has 0 radical (unpaired) electrons. The minimum Gasteiger partial charge on any atom is -0.481 e. The Hall–Kier alpha value is -1.18. The molecule has 0 aliphatic carbocycles. The third-order valence-electron chi connectivity index (χ3n) is 0.712. The van der Waals surface area contributed by atoms with Gasteiger partial charge in [0.2, 0.25) is 0 Å². The van der Waals surface area contributed by atoms with Crippen molar-refractivity contribution in [3.63, 3.8) is 0 Å². The second-order valence-corrected chi connectivity index (χ2v) is 1.54. The Morgan fingerprint density at radius 2 is 1.64 bits per heavy atom. The number of aliphatic carboxylic acids is 2. The number of carboxylic acid groups (broad SMARTS) is 2. The normalized spacial score (nSPS) is 10.8. The van der Waals surface area contributed by atoms with Crippen LogP contribution in [0.25, 0.3) is 0 Å². The smallest absolute Gasteiger partial charge is 0.321 e. The average molecular weight is 165 g/mol. The summed E-state index contributed by atoms with van der Waals surface area (Å²) in [5, 5.41) is 16.0. The van der Waals surface area contributed by atoms with Crippen molar-refractivity contribution in [2.75, 3.05) is 0 Å². The zero-order valence-electron chi connectivity index (χ0n) is 5.73. The van der Waals surface area contributed by atoms with Crippen LogP contribution in [0.1, 0.15) is 6.42 Å². The van der Waals surface area contributed by atoms with E-state index in [1.54, 1.807) is 0 Å². The van der Waals surface area contributed by atoms with Crippen LogP contribution in [0.5, 0.6) is 0 Å². The first-order chi connectivity index (χ1) is 5.04. The molecule has 7 nitrogen and oxygen atoms in total. The molecule has 7 heteroatoms. The van der Waals surface area contributed by atoms with E-state index in [0.29, 0.717) is 0 Å². The van der Waals surface area contributed by atoms with Gasteiger partial charge in [0, 0.05) is 0 Å². The molecule has 0 aliphatic rings. The summed E-state index contributed by atoms with van der Waals surface area (Å²) in [7, 11) is 0. The molecule has 0 fully saturated rings. The largest absolute Gasteiger partial charge is 0.481 e. The van der Waals surface area contributed by atoms with Gasteiger partial charge in [-0.05, 0) is 0 Å². The van der Waals surface area contributed by atoms with Gasteiger partial charge in [0.15, 0.2) is 0 Å². The number of hydrogen-bond donors (Lipinski definition) is 5. The second kappa shape index (κ2) is 6.93. The van der Waals surface area contributed by atoms with E-state index in [4.69, 9.17) is 15.9 Å². The molecule has 0 aromatic heterocycles. The molecule has 0 bridgehead atoms. The van der Waals surface area contributed by atoms with Gasteiger partial charge in [-0.2, -0.15) is 0 Å². The molecule has 11 heavy (non-hydrogen) atoms. The molecule has 8 N–H and O–H groups in total. The van der Waals surface area contributed by atoms with E-state index < -0.39 is 24.4 Å². The van der Waals surface area contributed by atoms with Crippen molar-refractivity contribution >= 4 is 11.9 Å². The van der Waals surface area contributed by atoms with Crippen molar-refractivity contribution in [3.05, 3.63) is 0 Å². The third-order valence-corrected chi connectivity index (χ3v) is 0.712. The number of nitrogens with two attached hydrogens (primary N) is 3. The molecule has 0 rings (SSSR count). The summed E-state index contributed by atoms with van der Waals surface area (Å²) in [6.07, 6.45) is -0.532. The number of hydrazine groups is 1. The van der Waals surface area contributed by atoms with Crippen molar-refractivity contribution < 1.29 is 19.8 Å². The lowest BCUT2D eigenvalue weighted by Crippen LogP contribution is -2.32. The zero-order valence-corrected chi connectivity index (χ0v) is 5.73. The van der Waals surface area contributed by atoms with E-state index in [1.807, 2.05) is 0 Å². The molecule has 0 heterocycles. The Labute approximate surface area is 62.7 Å². The topological polar surface area (TPSA) is 153 Å². The highest BCUT2D eigenvalue weighted by Crippen LogP contribution is 1.86. The quantitative estimate of drug-likeness (QED) is 0.232. The van der Waals surface area contributed by atoms with Crippen LogP contribution in [0.15, 0.2) is 0 Å². The van der Waals surface area contributed by atoms with Gasteiger partial charge in [-0.25, -0.2) is 0 Å². The van der Waals surface area contributed by atoms with Gasteiger partial charge in [-0.15, -0.1) is 0 Å². The Kier molecular flexibility index (Phi) is 7.87. The highest BCUT2D eigenvalue weighted by molar-refractivity contribution is 5.80. The van der Waals surface area contributed by atoms with Crippen molar-refractivity contribution in [2.24, 2.45) is 17.4 Å². The molecule has 66 valence electrons. The summed E-state index contributed by atoms with van der Waals surface area (Å²) < 4.78 is 0. The summed E-state index contributed by atoms with van der Waals surface area (Å²) in [6.45, 7) is 0. The number of rotatable bonds is 3. The minimum absolute atomic E-state index is 0.532. The van der Waals surface area contributed by atoms with Gasteiger partial charge in [0.25, 0.3) is 0 Å². The maximum atomic E-state index is 9.85. The average Bonchev–Trinajstić information content (AvgIpc) is 1.90. The number of carbonyl (C=O) groups is 2. The summed E-state index contributed by atoms with van der Waals surface area (Å²) in [4.78, 5) is 19.6. The molecular formula is C4H11N3O4.